The van der Waals surface area contributed by atoms with E-state index in [1.165, 1.54) is 0 Å². The fourth-order valence-corrected chi connectivity index (χ4v) is 5.53. The second-order valence-electron chi connectivity index (χ2n) is 12.2. The molecule has 232 valence electrons. The molecule has 0 atom stereocenters. The Balaban J connectivity index is 1.33. The highest BCUT2D eigenvalue weighted by Crippen LogP contribution is 2.34. The molecule has 6 rings (SSSR count). The Morgan fingerprint density at radius 2 is 1.71 bits per heavy atom. The smallest absolute Gasteiger partial charge is 0.410 e. The normalized spacial score (nSPS) is 13.6. The van der Waals surface area contributed by atoms with Crippen LogP contribution in [0.3, 0.4) is 0 Å². The van der Waals surface area contributed by atoms with Crippen LogP contribution in [-0.4, -0.2) is 57.0 Å². The molecule has 1 saturated heterocycles. The van der Waals surface area contributed by atoms with Gasteiger partial charge in [-0.25, -0.2) is 9.78 Å². The summed E-state index contributed by atoms with van der Waals surface area (Å²) in [7, 11) is 0. The number of rotatable bonds is 8. The second-order valence-corrected chi connectivity index (χ2v) is 12.2. The number of hydrogen-bond donors (Lipinski definition) is 1. The monoisotopic (exact) mass is 607 g/mol. The van der Waals surface area contributed by atoms with Gasteiger partial charge in [-0.1, -0.05) is 36.4 Å². The van der Waals surface area contributed by atoms with Gasteiger partial charge in [-0.15, -0.1) is 0 Å². The molecule has 1 amide bonds. The summed E-state index contributed by atoms with van der Waals surface area (Å²) < 4.78 is 19.0. The number of carbonyl (C=O) groups excluding carboxylic acids is 2. The van der Waals surface area contributed by atoms with Crippen LogP contribution in [0.1, 0.15) is 45.0 Å². The molecule has 3 heterocycles. The number of anilines is 1. The lowest BCUT2D eigenvalue weighted by Crippen LogP contribution is -2.52. The number of fused-ring (bicyclic) bond motifs is 2. The van der Waals surface area contributed by atoms with Crippen molar-refractivity contribution in [3.63, 3.8) is 0 Å². The van der Waals surface area contributed by atoms with Crippen LogP contribution in [0.15, 0.2) is 72.9 Å². The van der Waals surface area contributed by atoms with Crippen LogP contribution in [0.4, 0.5) is 10.6 Å². The summed E-state index contributed by atoms with van der Waals surface area (Å²) in [6.07, 6.45) is 1.50. The summed E-state index contributed by atoms with van der Waals surface area (Å²) in [5.41, 5.74) is 10.1. The molecule has 2 aromatic heterocycles. The van der Waals surface area contributed by atoms with E-state index in [0.29, 0.717) is 31.3 Å². The number of nitrogens with zero attached hydrogens (tertiary/aromatic N) is 4. The van der Waals surface area contributed by atoms with E-state index in [4.69, 9.17) is 25.0 Å². The van der Waals surface area contributed by atoms with Crippen LogP contribution in [-0.2, 0) is 27.3 Å². The number of ether oxygens (including phenoxy) is 3. The number of para-hydroxylation sites is 1. The van der Waals surface area contributed by atoms with Crippen LogP contribution in [0, 0.1) is 0 Å². The van der Waals surface area contributed by atoms with Crippen molar-refractivity contribution in [3.05, 3.63) is 84.2 Å². The number of benzene rings is 3. The van der Waals surface area contributed by atoms with Crippen molar-refractivity contribution in [2.24, 2.45) is 0 Å². The summed E-state index contributed by atoms with van der Waals surface area (Å²) in [5.74, 6) is 0.777. The minimum absolute atomic E-state index is 0.0118. The first-order valence-corrected chi connectivity index (χ1v) is 15.1. The summed E-state index contributed by atoms with van der Waals surface area (Å²) in [4.78, 5) is 30.8. The number of pyridine rings is 1. The molecule has 3 aromatic carbocycles. The van der Waals surface area contributed by atoms with Gasteiger partial charge >= 0.3 is 12.1 Å². The quantitative estimate of drug-likeness (QED) is 0.204. The molecule has 0 radical (unpaired) electrons. The Bertz CT molecular complexity index is 1890. The van der Waals surface area contributed by atoms with Crippen LogP contribution in [0.25, 0.3) is 32.8 Å². The standard InChI is InChI=1S/C35H37N5O5/c1-5-43-32(41)18-25-8-6-7-9-31(25)44-21-29-28-17-24(23-11-10-22-14-15-37-33(36)27(22)16-23)12-13-30(28)40(38-29)26-19-39(20-26)34(42)45-35(2,3)4/h6-17,26H,5,18-21H2,1-4H3,(H2,36,37). The number of likely N-dealkylation sites (tertiary alicyclic amines) is 1. The van der Waals surface area contributed by atoms with Crippen LogP contribution in [0.2, 0.25) is 0 Å². The summed E-state index contributed by atoms with van der Waals surface area (Å²) in [5, 5.41) is 7.86. The van der Waals surface area contributed by atoms with Gasteiger partial charge in [0, 0.05) is 35.6 Å². The molecular formula is C35H37N5O5. The van der Waals surface area contributed by atoms with Gasteiger partial charge in [-0.2, -0.15) is 5.10 Å². The molecule has 5 aromatic rings. The number of amides is 1. The first-order chi connectivity index (χ1) is 21.6. The highest BCUT2D eigenvalue weighted by molar-refractivity contribution is 5.95. The summed E-state index contributed by atoms with van der Waals surface area (Å²) in [6, 6.07) is 21.8. The molecule has 1 aliphatic rings. The lowest BCUT2D eigenvalue weighted by Gasteiger charge is -2.39. The maximum Gasteiger partial charge on any atom is 0.410 e. The van der Waals surface area contributed by atoms with Gasteiger partial charge in [0.1, 0.15) is 29.5 Å². The largest absolute Gasteiger partial charge is 0.487 e. The lowest BCUT2D eigenvalue weighted by atomic mass is 10.00. The highest BCUT2D eigenvalue weighted by atomic mass is 16.6. The highest BCUT2D eigenvalue weighted by Gasteiger charge is 2.36. The third-order valence-electron chi connectivity index (χ3n) is 7.75. The maximum absolute atomic E-state index is 12.6. The van der Waals surface area contributed by atoms with Gasteiger partial charge in [0.15, 0.2) is 0 Å². The average Bonchev–Trinajstić information content (AvgIpc) is 3.32. The fraction of sp³-hybridized carbons (Fsp3) is 0.314. The van der Waals surface area contributed by atoms with E-state index in [1.54, 1.807) is 18.0 Å². The number of nitrogens with two attached hydrogens (primary N) is 1. The van der Waals surface area contributed by atoms with Crippen molar-refractivity contribution in [1.29, 1.82) is 0 Å². The van der Waals surface area contributed by atoms with Crippen LogP contribution in [0.5, 0.6) is 5.75 Å². The van der Waals surface area contributed by atoms with Gasteiger partial charge in [0.2, 0.25) is 0 Å². The number of hydrogen-bond acceptors (Lipinski definition) is 8. The minimum atomic E-state index is -0.561. The molecule has 0 bridgehead atoms. The first kappa shape index (κ1) is 29.9. The SMILES string of the molecule is CCOC(=O)Cc1ccccc1OCc1nn(C2CN(C(=O)OC(C)(C)C)C2)c2ccc(-c3ccc4ccnc(N)c4c3)cc12. The topological polar surface area (TPSA) is 122 Å². The molecule has 1 aliphatic heterocycles. The predicted octanol–water partition coefficient (Wildman–Crippen LogP) is 6.31. The van der Waals surface area contributed by atoms with Crippen molar-refractivity contribution < 1.29 is 23.8 Å². The van der Waals surface area contributed by atoms with E-state index in [1.807, 2.05) is 61.9 Å². The van der Waals surface area contributed by atoms with Gasteiger partial charge in [0.25, 0.3) is 0 Å². The molecule has 0 spiro atoms. The van der Waals surface area contributed by atoms with Crippen LogP contribution >= 0.6 is 0 Å². The minimum Gasteiger partial charge on any atom is -0.487 e. The molecule has 0 saturated carbocycles. The second kappa shape index (κ2) is 12.1. The summed E-state index contributed by atoms with van der Waals surface area (Å²) in [6.45, 7) is 8.86. The molecule has 10 nitrogen and oxygen atoms in total. The molecule has 1 fully saturated rings. The molecule has 2 N–H and O–H groups in total. The molecule has 0 unspecified atom stereocenters. The van der Waals surface area contributed by atoms with E-state index in [0.717, 1.165) is 44.1 Å². The van der Waals surface area contributed by atoms with Crippen molar-refractivity contribution >= 4 is 39.6 Å². The number of nitrogen functional groups attached to an aromatic ring is 1. The van der Waals surface area contributed by atoms with Crippen molar-refractivity contribution in [1.82, 2.24) is 19.7 Å². The van der Waals surface area contributed by atoms with Crippen molar-refractivity contribution in [2.45, 2.75) is 52.4 Å². The Labute approximate surface area is 261 Å². The third kappa shape index (κ3) is 6.40. The third-order valence-corrected chi connectivity index (χ3v) is 7.75. The number of carbonyl (C=O) groups is 2. The Morgan fingerprint density at radius 3 is 2.47 bits per heavy atom. The zero-order valence-corrected chi connectivity index (χ0v) is 25.9. The van der Waals surface area contributed by atoms with E-state index in [2.05, 4.69) is 35.3 Å². The molecular weight excluding hydrogens is 570 g/mol. The molecule has 0 aliphatic carbocycles. The van der Waals surface area contributed by atoms with E-state index < -0.39 is 5.60 Å². The first-order valence-electron chi connectivity index (χ1n) is 15.1. The van der Waals surface area contributed by atoms with Crippen molar-refractivity contribution in [3.8, 4) is 16.9 Å². The number of aromatic nitrogens is 3. The van der Waals surface area contributed by atoms with Crippen LogP contribution < -0.4 is 10.5 Å². The van der Waals surface area contributed by atoms with Gasteiger partial charge in [-0.3, -0.25) is 9.48 Å². The Morgan fingerprint density at radius 1 is 0.978 bits per heavy atom. The van der Waals surface area contributed by atoms with Gasteiger partial charge in [-0.05, 0) is 74.5 Å². The fourth-order valence-electron chi connectivity index (χ4n) is 5.53. The Hall–Kier alpha value is -5.12. The van der Waals surface area contributed by atoms with Gasteiger partial charge in [0.05, 0.1) is 24.6 Å². The average molecular weight is 608 g/mol. The molecule has 45 heavy (non-hydrogen) atoms. The number of esters is 1. The van der Waals surface area contributed by atoms with Crippen molar-refractivity contribution in [2.75, 3.05) is 25.4 Å². The Kier molecular flexibility index (Phi) is 8.05. The van der Waals surface area contributed by atoms with E-state index >= 15 is 0 Å². The molecule has 10 heteroatoms. The predicted molar refractivity (Wildman–Crippen MR) is 173 cm³/mol. The van der Waals surface area contributed by atoms with E-state index in [9.17, 15) is 9.59 Å². The zero-order valence-electron chi connectivity index (χ0n) is 25.9. The van der Waals surface area contributed by atoms with E-state index in [-0.39, 0.29) is 31.1 Å². The maximum atomic E-state index is 12.6. The summed E-state index contributed by atoms with van der Waals surface area (Å²) >= 11 is 0. The zero-order chi connectivity index (χ0) is 31.7. The van der Waals surface area contributed by atoms with Gasteiger partial charge < -0.3 is 24.8 Å². The lowest BCUT2D eigenvalue weighted by molar-refractivity contribution is -0.142.